The molecule has 1 rings (SSSR count). The van der Waals surface area contributed by atoms with Gasteiger partial charge in [0.05, 0.1) is 12.6 Å². The highest BCUT2D eigenvalue weighted by atomic mass is 16.4. The monoisotopic (exact) mass is 306 g/mol. The fraction of sp³-hybridized carbons (Fsp3) is 0.438. The normalized spacial score (nSPS) is 11.7. The Balaban J connectivity index is 2.54. The van der Waals surface area contributed by atoms with Gasteiger partial charge in [0.15, 0.2) is 0 Å². The van der Waals surface area contributed by atoms with E-state index in [-0.39, 0.29) is 18.2 Å². The standard InChI is InChI=1S/C16H22N2O4/c1-12(19)6-5-9-17-16(22)14(18-11-15(20)21)10-13-7-3-2-4-8-13/h2-4,7-8,14,18H,5-6,9-11H2,1H3,(H,17,22)(H,20,21)/t14-/m0/s1. The summed E-state index contributed by atoms with van der Waals surface area (Å²) in [6.45, 7) is 1.63. The van der Waals surface area contributed by atoms with Gasteiger partial charge in [0.2, 0.25) is 5.91 Å². The van der Waals surface area contributed by atoms with Crippen LogP contribution in [0.25, 0.3) is 0 Å². The zero-order valence-electron chi connectivity index (χ0n) is 12.7. The van der Waals surface area contributed by atoms with Crippen molar-refractivity contribution in [3.05, 3.63) is 35.9 Å². The van der Waals surface area contributed by atoms with Gasteiger partial charge in [0.1, 0.15) is 5.78 Å². The van der Waals surface area contributed by atoms with Crippen molar-refractivity contribution in [2.75, 3.05) is 13.1 Å². The first kappa shape index (κ1) is 17.8. The number of carboxylic acid groups (broad SMARTS) is 1. The van der Waals surface area contributed by atoms with Crippen molar-refractivity contribution in [2.24, 2.45) is 0 Å². The Morgan fingerprint density at radius 1 is 1.18 bits per heavy atom. The maximum atomic E-state index is 12.2. The van der Waals surface area contributed by atoms with Crippen LogP contribution in [0.4, 0.5) is 0 Å². The number of carboxylic acids is 1. The van der Waals surface area contributed by atoms with Crippen molar-refractivity contribution in [3.63, 3.8) is 0 Å². The Bertz CT molecular complexity index is 502. The van der Waals surface area contributed by atoms with E-state index in [4.69, 9.17) is 5.11 Å². The number of hydrogen-bond donors (Lipinski definition) is 3. The van der Waals surface area contributed by atoms with E-state index in [1.165, 1.54) is 6.92 Å². The average molecular weight is 306 g/mol. The fourth-order valence-electron chi connectivity index (χ4n) is 1.99. The highest BCUT2D eigenvalue weighted by Gasteiger charge is 2.19. The minimum atomic E-state index is -1.01. The van der Waals surface area contributed by atoms with Gasteiger partial charge in [0, 0.05) is 13.0 Å². The highest BCUT2D eigenvalue weighted by Crippen LogP contribution is 2.03. The van der Waals surface area contributed by atoms with Gasteiger partial charge in [-0.2, -0.15) is 0 Å². The molecule has 0 heterocycles. The van der Waals surface area contributed by atoms with Crippen LogP contribution in [0.5, 0.6) is 0 Å². The summed E-state index contributed by atoms with van der Waals surface area (Å²) in [5.41, 5.74) is 0.948. The number of benzene rings is 1. The van der Waals surface area contributed by atoms with Crippen LogP contribution in [0.1, 0.15) is 25.3 Å². The molecule has 0 saturated heterocycles. The van der Waals surface area contributed by atoms with E-state index in [0.717, 1.165) is 5.56 Å². The smallest absolute Gasteiger partial charge is 0.317 e. The number of aliphatic carboxylic acids is 1. The summed E-state index contributed by atoms with van der Waals surface area (Å²) in [7, 11) is 0. The fourth-order valence-corrected chi connectivity index (χ4v) is 1.99. The number of Topliss-reactive ketones (excluding diaryl/α,β-unsaturated/α-hetero) is 1. The lowest BCUT2D eigenvalue weighted by Crippen LogP contribution is -2.47. The molecular weight excluding hydrogens is 284 g/mol. The molecule has 0 spiro atoms. The van der Waals surface area contributed by atoms with Crippen molar-refractivity contribution in [1.29, 1.82) is 0 Å². The molecule has 0 aliphatic heterocycles. The summed E-state index contributed by atoms with van der Waals surface area (Å²) >= 11 is 0. The molecule has 22 heavy (non-hydrogen) atoms. The molecule has 120 valence electrons. The molecule has 0 fully saturated rings. The summed E-state index contributed by atoms with van der Waals surface area (Å²) < 4.78 is 0. The Kier molecular flexibility index (Phi) is 7.85. The summed E-state index contributed by atoms with van der Waals surface area (Å²) in [5.74, 6) is -1.19. The molecule has 0 aromatic heterocycles. The third-order valence-corrected chi connectivity index (χ3v) is 3.10. The second-order valence-corrected chi connectivity index (χ2v) is 5.11. The number of ketones is 1. The van der Waals surface area contributed by atoms with Gasteiger partial charge < -0.3 is 15.2 Å². The van der Waals surface area contributed by atoms with E-state index in [9.17, 15) is 14.4 Å². The molecule has 0 bridgehead atoms. The topological polar surface area (TPSA) is 95.5 Å². The zero-order chi connectivity index (χ0) is 16.4. The van der Waals surface area contributed by atoms with Crippen LogP contribution < -0.4 is 10.6 Å². The number of amides is 1. The molecule has 0 aliphatic carbocycles. The van der Waals surface area contributed by atoms with Crippen LogP contribution in [-0.4, -0.2) is 41.9 Å². The van der Waals surface area contributed by atoms with E-state index in [1.807, 2.05) is 30.3 Å². The predicted molar refractivity (Wildman–Crippen MR) is 82.5 cm³/mol. The second-order valence-electron chi connectivity index (χ2n) is 5.11. The van der Waals surface area contributed by atoms with E-state index in [0.29, 0.717) is 25.8 Å². The largest absolute Gasteiger partial charge is 0.480 e. The molecule has 0 radical (unpaired) electrons. The third-order valence-electron chi connectivity index (χ3n) is 3.10. The summed E-state index contributed by atoms with van der Waals surface area (Å²) in [5, 5.41) is 14.2. The Morgan fingerprint density at radius 2 is 1.86 bits per heavy atom. The van der Waals surface area contributed by atoms with Gasteiger partial charge in [0.25, 0.3) is 0 Å². The molecule has 1 aromatic rings. The lowest BCUT2D eigenvalue weighted by Gasteiger charge is -2.17. The zero-order valence-corrected chi connectivity index (χ0v) is 12.7. The minimum absolute atomic E-state index is 0.0825. The number of carbonyl (C=O) groups excluding carboxylic acids is 2. The summed E-state index contributed by atoms with van der Waals surface area (Å²) in [4.78, 5) is 33.7. The van der Waals surface area contributed by atoms with Crippen molar-refractivity contribution in [3.8, 4) is 0 Å². The molecule has 6 heteroatoms. The van der Waals surface area contributed by atoms with Gasteiger partial charge in [-0.25, -0.2) is 0 Å². The maximum Gasteiger partial charge on any atom is 0.317 e. The number of nitrogens with one attached hydrogen (secondary N) is 2. The van der Waals surface area contributed by atoms with Crippen LogP contribution in [-0.2, 0) is 20.8 Å². The molecule has 1 amide bonds. The van der Waals surface area contributed by atoms with Crippen molar-refractivity contribution >= 4 is 17.7 Å². The van der Waals surface area contributed by atoms with Gasteiger partial charge in [-0.1, -0.05) is 30.3 Å². The van der Waals surface area contributed by atoms with E-state index in [1.54, 1.807) is 0 Å². The van der Waals surface area contributed by atoms with Crippen molar-refractivity contribution in [2.45, 2.75) is 32.2 Å². The van der Waals surface area contributed by atoms with E-state index < -0.39 is 12.0 Å². The summed E-state index contributed by atoms with van der Waals surface area (Å²) in [6, 6.07) is 8.78. The molecule has 0 unspecified atom stereocenters. The second kappa shape index (κ2) is 9.68. The number of rotatable bonds is 10. The maximum absolute atomic E-state index is 12.2. The van der Waals surface area contributed by atoms with Crippen LogP contribution >= 0.6 is 0 Å². The molecule has 3 N–H and O–H groups in total. The third kappa shape index (κ3) is 7.54. The van der Waals surface area contributed by atoms with Gasteiger partial charge in [-0.15, -0.1) is 0 Å². The lowest BCUT2D eigenvalue weighted by molar-refractivity contribution is -0.136. The lowest BCUT2D eigenvalue weighted by atomic mass is 10.1. The molecular formula is C16H22N2O4. The minimum Gasteiger partial charge on any atom is -0.480 e. The highest BCUT2D eigenvalue weighted by molar-refractivity contribution is 5.83. The van der Waals surface area contributed by atoms with Gasteiger partial charge in [-0.3, -0.25) is 14.9 Å². The molecule has 6 nitrogen and oxygen atoms in total. The predicted octanol–water partition coefficient (Wildman–Crippen LogP) is 0.757. The Hall–Kier alpha value is -2.21. The van der Waals surface area contributed by atoms with Crippen LogP contribution in [0.3, 0.4) is 0 Å². The SMILES string of the molecule is CC(=O)CCCNC(=O)[C@H](Cc1ccccc1)NCC(=O)O. The molecule has 0 saturated carbocycles. The summed E-state index contributed by atoms with van der Waals surface area (Å²) in [6.07, 6.45) is 1.41. The quantitative estimate of drug-likeness (QED) is 0.555. The van der Waals surface area contributed by atoms with E-state index in [2.05, 4.69) is 10.6 Å². The van der Waals surface area contributed by atoms with Crippen molar-refractivity contribution < 1.29 is 19.5 Å². The first-order valence-corrected chi connectivity index (χ1v) is 7.25. The average Bonchev–Trinajstić information content (AvgIpc) is 2.48. The van der Waals surface area contributed by atoms with Crippen LogP contribution in [0.2, 0.25) is 0 Å². The first-order chi connectivity index (χ1) is 10.5. The number of hydrogen-bond acceptors (Lipinski definition) is 4. The Labute approximate surface area is 129 Å². The van der Waals surface area contributed by atoms with Crippen molar-refractivity contribution in [1.82, 2.24) is 10.6 Å². The number of carbonyl (C=O) groups is 3. The van der Waals surface area contributed by atoms with Crippen LogP contribution in [0, 0.1) is 0 Å². The molecule has 0 aliphatic rings. The first-order valence-electron chi connectivity index (χ1n) is 7.25. The van der Waals surface area contributed by atoms with Crippen LogP contribution in [0.15, 0.2) is 30.3 Å². The molecule has 1 atom stereocenters. The van der Waals surface area contributed by atoms with Gasteiger partial charge >= 0.3 is 5.97 Å². The Morgan fingerprint density at radius 3 is 2.45 bits per heavy atom. The van der Waals surface area contributed by atoms with Gasteiger partial charge in [-0.05, 0) is 25.3 Å². The van der Waals surface area contributed by atoms with E-state index >= 15 is 0 Å². The molecule has 1 aromatic carbocycles.